The van der Waals surface area contributed by atoms with Crippen LogP contribution in [0.3, 0.4) is 0 Å². The highest BCUT2D eigenvalue weighted by molar-refractivity contribution is 6.30. The van der Waals surface area contributed by atoms with Gasteiger partial charge in [-0.3, -0.25) is 19.4 Å². The molecule has 2 heterocycles. The smallest absolute Gasteiger partial charge is 0.258 e. The molecule has 31 heavy (non-hydrogen) atoms. The van der Waals surface area contributed by atoms with Crippen molar-refractivity contribution in [2.24, 2.45) is 0 Å². The predicted molar refractivity (Wildman–Crippen MR) is 117 cm³/mol. The molecule has 0 aliphatic carbocycles. The average Bonchev–Trinajstić information content (AvgIpc) is 2.75. The largest absolute Gasteiger partial charge is 0.497 e. The Bertz CT molecular complexity index is 1190. The molecule has 1 aliphatic heterocycles. The van der Waals surface area contributed by atoms with Gasteiger partial charge in [0, 0.05) is 22.8 Å². The van der Waals surface area contributed by atoms with Crippen LogP contribution in [-0.2, 0) is 9.59 Å². The molecule has 10 heteroatoms. The van der Waals surface area contributed by atoms with Gasteiger partial charge < -0.3 is 20.7 Å². The third-order valence-corrected chi connectivity index (χ3v) is 4.98. The fourth-order valence-corrected chi connectivity index (χ4v) is 3.35. The number of carbonyl (C=O) groups excluding carboxylic acids is 2. The van der Waals surface area contributed by atoms with Gasteiger partial charge in [0.15, 0.2) is 0 Å². The second-order valence-electron chi connectivity index (χ2n) is 6.83. The van der Waals surface area contributed by atoms with Crippen molar-refractivity contribution in [3.05, 3.63) is 69.5 Å². The highest BCUT2D eigenvalue weighted by atomic mass is 35.5. The van der Waals surface area contributed by atoms with Gasteiger partial charge in [0.1, 0.15) is 11.6 Å². The van der Waals surface area contributed by atoms with Gasteiger partial charge in [-0.05, 0) is 48.5 Å². The van der Waals surface area contributed by atoms with Crippen molar-refractivity contribution in [3.63, 3.8) is 0 Å². The van der Waals surface area contributed by atoms with Crippen molar-refractivity contribution in [1.82, 2.24) is 9.97 Å². The van der Waals surface area contributed by atoms with Crippen molar-refractivity contribution in [1.29, 1.82) is 0 Å². The van der Waals surface area contributed by atoms with E-state index in [2.05, 4.69) is 25.9 Å². The Morgan fingerprint density at radius 1 is 1.10 bits per heavy atom. The molecule has 0 bridgehead atoms. The third-order valence-electron chi connectivity index (χ3n) is 4.73. The Kier molecular flexibility index (Phi) is 5.59. The van der Waals surface area contributed by atoms with Crippen molar-refractivity contribution in [2.45, 2.75) is 12.3 Å². The molecule has 0 spiro atoms. The number of benzene rings is 2. The van der Waals surface area contributed by atoms with E-state index in [9.17, 15) is 14.4 Å². The Labute approximate surface area is 181 Å². The Morgan fingerprint density at radius 3 is 2.45 bits per heavy atom. The van der Waals surface area contributed by atoms with Crippen LogP contribution >= 0.6 is 11.6 Å². The van der Waals surface area contributed by atoms with Crippen LogP contribution in [0.4, 0.5) is 23.1 Å². The maximum Gasteiger partial charge on any atom is 0.258 e. The van der Waals surface area contributed by atoms with Crippen LogP contribution in [0.15, 0.2) is 53.3 Å². The van der Waals surface area contributed by atoms with Crippen molar-refractivity contribution >= 4 is 46.6 Å². The van der Waals surface area contributed by atoms with E-state index in [-0.39, 0.29) is 23.8 Å². The standard InChI is InChI=1S/C21H18ClN5O4/c1-31-14-8-6-13(7-9-14)24-21-26-18-17(20(30)27-21)15(10-16(28)25-18)19(29)23-12-4-2-11(22)3-5-12/h2-9,15H,10H2,1H3,(H,23,29)(H3,24,25,26,27,28,30)/t15-/m0/s1. The normalized spacial score (nSPS) is 14.9. The van der Waals surface area contributed by atoms with E-state index in [4.69, 9.17) is 16.3 Å². The van der Waals surface area contributed by atoms with Gasteiger partial charge in [-0.25, -0.2) is 0 Å². The van der Waals surface area contributed by atoms with E-state index < -0.39 is 23.3 Å². The first kappa shape index (κ1) is 20.4. The quantitative estimate of drug-likeness (QED) is 0.483. The molecule has 1 aromatic heterocycles. The molecule has 0 saturated heterocycles. The molecule has 4 N–H and O–H groups in total. The van der Waals surface area contributed by atoms with E-state index >= 15 is 0 Å². The van der Waals surface area contributed by atoms with Crippen LogP contribution in [0.25, 0.3) is 0 Å². The first-order valence-electron chi connectivity index (χ1n) is 9.34. The molecule has 4 rings (SSSR count). The van der Waals surface area contributed by atoms with Crippen molar-refractivity contribution in [2.75, 3.05) is 23.1 Å². The Hall–Kier alpha value is -3.85. The summed E-state index contributed by atoms with van der Waals surface area (Å²) >= 11 is 5.86. The van der Waals surface area contributed by atoms with Crippen molar-refractivity contribution in [3.8, 4) is 5.75 Å². The molecule has 158 valence electrons. The maximum absolute atomic E-state index is 12.8. The SMILES string of the molecule is COc1ccc(Nc2nc3c(c(=O)[nH]2)[C@@H](C(=O)Nc2ccc(Cl)cc2)CC(=O)N3)cc1. The molecule has 0 radical (unpaired) electrons. The summed E-state index contributed by atoms with van der Waals surface area (Å²) < 4.78 is 5.11. The summed E-state index contributed by atoms with van der Waals surface area (Å²) in [6.45, 7) is 0. The molecule has 0 fully saturated rings. The topological polar surface area (TPSA) is 125 Å². The van der Waals surface area contributed by atoms with Crippen LogP contribution in [-0.4, -0.2) is 28.9 Å². The summed E-state index contributed by atoms with van der Waals surface area (Å²) in [5, 5.41) is 8.77. The van der Waals surface area contributed by atoms with Crippen molar-refractivity contribution < 1.29 is 14.3 Å². The third kappa shape index (κ3) is 4.51. The number of ether oxygens (including phenoxy) is 1. The molecular weight excluding hydrogens is 422 g/mol. The summed E-state index contributed by atoms with van der Waals surface area (Å²) in [6, 6.07) is 13.5. The maximum atomic E-state index is 12.8. The van der Waals surface area contributed by atoms with Crippen LogP contribution < -0.4 is 26.2 Å². The lowest BCUT2D eigenvalue weighted by atomic mass is 9.92. The summed E-state index contributed by atoms with van der Waals surface area (Å²) in [5.74, 6) is -1.01. The van der Waals surface area contributed by atoms with Gasteiger partial charge >= 0.3 is 0 Å². The van der Waals surface area contributed by atoms with E-state index in [0.717, 1.165) is 0 Å². The number of methoxy groups -OCH3 is 1. The number of aromatic nitrogens is 2. The monoisotopic (exact) mass is 439 g/mol. The highest BCUT2D eigenvalue weighted by Gasteiger charge is 2.34. The number of carbonyl (C=O) groups is 2. The van der Waals surface area contributed by atoms with E-state index in [1.807, 2.05) is 0 Å². The molecule has 0 unspecified atom stereocenters. The molecule has 1 atom stereocenters. The second kappa shape index (κ2) is 8.49. The lowest BCUT2D eigenvalue weighted by Crippen LogP contribution is -2.36. The van der Waals surface area contributed by atoms with E-state index in [1.165, 1.54) is 0 Å². The van der Waals surface area contributed by atoms with Crippen LogP contribution in [0.5, 0.6) is 5.75 Å². The first-order valence-corrected chi connectivity index (χ1v) is 9.72. The number of halogens is 1. The number of H-pyrrole nitrogens is 1. The second-order valence-corrected chi connectivity index (χ2v) is 7.27. The minimum absolute atomic E-state index is 0.0484. The number of hydrogen-bond donors (Lipinski definition) is 4. The molecule has 2 amide bonds. The Balaban J connectivity index is 1.60. The van der Waals surface area contributed by atoms with Gasteiger partial charge in [0.05, 0.1) is 18.6 Å². The zero-order valence-corrected chi connectivity index (χ0v) is 17.1. The number of amides is 2. The molecule has 3 aromatic rings. The van der Waals surface area contributed by atoms with Gasteiger partial charge in [-0.1, -0.05) is 11.6 Å². The molecule has 2 aromatic carbocycles. The average molecular weight is 440 g/mol. The predicted octanol–water partition coefficient (Wildman–Crippen LogP) is 3.24. The Morgan fingerprint density at radius 2 is 1.77 bits per heavy atom. The lowest BCUT2D eigenvalue weighted by Gasteiger charge is -2.23. The summed E-state index contributed by atoms with van der Waals surface area (Å²) in [4.78, 5) is 44.7. The number of hydrogen-bond acceptors (Lipinski definition) is 6. The number of aromatic amines is 1. The number of anilines is 4. The lowest BCUT2D eigenvalue weighted by molar-refractivity contribution is -0.123. The van der Waals surface area contributed by atoms with Gasteiger partial charge in [0.25, 0.3) is 5.56 Å². The number of fused-ring (bicyclic) bond motifs is 1. The van der Waals surface area contributed by atoms with Gasteiger partial charge in [0.2, 0.25) is 17.8 Å². The van der Waals surface area contributed by atoms with Crippen LogP contribution in [0.1, 0.15) is 17.9 Å². The number of rotatable bonds is 5. The minimum atomic E-state index is -0.981. The molecular formula is C21H18ClN5O4. The van der Waals surface area contributed by atoms with Gasteiger partial charge in [-0.15, -0.1) is 0 Å². The van der Waals surface area contributed by atoms with E-state index in [1.54, 1.807) is 55.6 Å². The summed E-state index contributed by atoms with van der Waals surface area (Å²) in [5.41, 5.74) is 0.746. The molecule has 0 saturated carbocycles. The number of nitrogens with one attached hydrogen (secondary N) is 4. The van der Waals surface area contributed by atoms with Gasteiger partial charge in [-0.2, -0.15) is 4.98 Å². The van der Waals surface area contributed by atoms with Crippen LogP contribution in [0.2, 0.25) is 5.02 Å². The summed E-state index contributed by atoms with van der Waals surface area (Å²) in [6.07, 6.45) is -0.164. The van der Waals surface area contributed by atoms with Crippen LogP contribution in [0, 0.1) is 0 Å². The fraction of sp³-hybridized carbons (Fsp3) is 0.143. The highest BCUT2D eigenvalue weighted by Crippen LogP contribution is 2.30. The molecule has 9 nitrogen and oxygen atoms in total. The zero-order chi connectivity index (χ0) is 22.0. The first-order chi connectivity index (χ1) is 14.9. The molecule has 1 aliphatic rings. The minimum Gasteiger partial charge on any atom is -0.497 e. The fourth-order valence-electron chi connectivity index (χ4n) is 3.23. The zero-order valence-electron chi connectivity index (χ0n) is 16.4. The number of nitrogens with zero attached hydrogens (tertiary/aromatic N) is 1. The summed E-state index contributed by atoms with van der Waals surface area (Å²) in [7, 11) is 1.56. The van der Waals surface area contributed by atoms with E-state index in [0.29, 0.717) is 22.1 Å².